The number of carbonyl (C=O) groups is 1. The summed E-state index contributed by atoms with van der Waals surface area (Å²) in [5, 5.41) is 1.20. The van der Waals surface area contributed by atoms with Crippen LogP contribution in [-0.4, -0.2) is 56.1 Å². The molecule has 1 atom stereocenters. The summed E-state index contributed by atoms with van der Waals surface area (Å²) in [6.07, 6.45) is 3.25. The quantitative estimate of drug-likeness (QED) is 0.585. The zero-order valence-corrected chi connectivity index (χ0v) is 19.5. The minimum atomic E-state index is 0.0869. The largest absolute Gasteiger partial charge is 0.493 e. The third kappa shape index (κ3) is 4.94. The first-order valence-corrected chi connectivity index (χ1v) is 11.4. The van der Waals surface area contributed by atoms with E-state index in [0.29, 0.717) is 34.0 Å². The van der Waals surface area contributed by atoms with Gasteiger partial charge in [0.2, 0.25) is 0 Å². The van der Waals surface area contributed by atoms with Crippen LogP contribution in [0.5, 0.6) is 11.5 Å². The average Bonchev–Trinajstić information content (AvgIpc) is 3.08. The fourth-order valence-corrected chi connectivity index (χ4v) is 4.96. The maximum Gasteiger partial charge on any atom is 0.254 e. The number of likely N-dealkylation sites (tertiary alicyclic amines) is 1. The lowest BCUT2D eigenvalue weighted by atomic mass is 9.97. The van der Waals surface area contributed by atoms with Crippen LogP contribution < -0.4 is 9.47 Å². The van der Waals surface area contributed by atoms with Gasteiger partial charge >= 0.3 is 0 Å². The van der Waals surface area contributed by atoms with Gasteiger partial charge < -0.3 is 19.3 Å². The summed E-state index contributed by atoms with van der Waals surface area (Å²) in [6.45, 7) is 4.50. The smallest absolute Gasteiger partial charge is 0.254 e. The van der Waals surface area contributed by atoms with Crippen LogP contribution in [0.25, 0.3) is 0 Å². The summed E-state index contributed by atoms with van der Waals surface area (Å²) in [4.78, 5) is 17.4. The van der Waals surface area contributed by atoms with Crippen molar-refractivity contribution >= 4 is 29.1 Å². The number of fused-ring (bicyclic) bond motifs is 1. The van der Waals surface area contributed by atoms with Crippen molar-refractivity contribution in [1.82, 2.24) is 9.80 Å². The van der Waals surface area contributed by atoms with Crippen LogP contribution >= 0.6 is 23.2 Å². The molecule has 0 aliphatic carbocycles. The number of halogens is 2. The predicted molar refractivity (Wildman–Crippen MR) is 124 cm³/mol. The molecule has 2 aliphatic heterocycles. The Morgan fingerprint density at radius 3 is 2.58 bits per heavy atom. The first-order chi connectivity index (χ1) is 15.0. The lowest BCUT2D eigenvalue weighted by Gasteiger charge is -2.34. The van der Waals surface area contributed by atoms with Crippen LogP contribution in [0.15, 0.2) is 30.3 Å². The highest BCUT2D eigenvalue weighted by Gasteiger charge is 2.32. The van der Waals surface area contributed by atoms with Gasteiger partial charge in [0, 0.05) is 31.7 Å². The van der Waals surface area contributed by atoms with Gasteiger partial charge in [-0.3, -0.25) is 4.79 Å². The Bertz CT molecular complexity index is 966. The van der Waals surface area contributed by atoms with E-state index < -0.39 is 0 Å². The number of benzene rings is 2. The molecule has 2 aliphatic rings. The Morgan fingerprint density at radius 1 is 1.06 bits per heavy atom. The van der Waals surface area contributed by atoms with Crippen LogP contribution in [0.2, 0.25) is 10.0 Å². The molecule has 0 N–H and O–H groups in total. The number of ether oxygens (including phenoxy) is 2. The average molecular weight is 463 g/mol. The molecular formula is C24H28Cl2N2O3. The summed E-state index contributed by atoms with van der Waals surface area (Å²) in [5.74, 6) is 1.83. The fourth-order valence-electron chi connectivity index (χ4n) is 4.64. The molecule has 0 aromatic heterocycles. The second-order valence-corrected chi connectivity index (χ2v) is 9.17. The molecule has 31 heavy (non-hydrogen) atoms. The van der Waals surface area contributed by atoms with E-state index in [0.717, 1.165) is 56.6 Å². The molecule has 7 heteroatoms. The zero-order valence-electron chi connectivity index (χ0n) is 18.0. The normalized spacial score (nSPS) is 18.9. The molecule has 166 valence electrons. The summed E-state index contributed by atoms with van der Waals surface area (Å²) in [6, 6.07) is 9.59. The summed E-state index contributed by atoms with van der Waals surface area (Å²) in [7, 11) is 3.21. The highest BCUT2D eigenvalue weighted by atomic mass is 35.5. The highest BCUT2D eigenvalue weighted by Crippen LogP contribution is 2.35. The minimum Gasteiger partial charge on any atom is -0.493 e. The van der Waals surface area contributed by atoms with Crippen molar-refractivity contribution in [2.24, 2.45) is 5.92 Å². The van der Waals surface area contributed by atoms with Crippen molar-refractivity contribution in [2.75, 3.05) is 40.4 Å². The third-order valence-electron chi connectivity index (χ3n) is 6.27. The molecule has 0 saturated carbocycles. The molecule has 0 bridgehead atoms. The molecule has 2 aromatic carbocycles. The Kier molecular flexibility index (Phi) is 6.95. The van der Waals surface area contributed by atoms with Gasteiger partial charge in [0.25, 0.3) is 5.91 Å². The number of methoxy groups -OCH3 is 2. The van der Waals surface area contributed by atoms with E-state index in [4.69, 9.17) is 32.7 Å². The Morgan fingerprint density at radius 2 is 1.84 bits per heavy atom. The van der Waals surface area contributed by atoms with Crippen molar-refractivity contribution in [2.45, 2.75) is 25.8 Å². The van der Waals surface area contributed by atoms with Gasteiger partial charge in [-0.2, -0.15) is 0 Å². The van der Waals surface area contributed by atoms with E-state index >= 15 is 0 Å². The van der Waals surface area contributed by atoms with Crippen LogP contribution in [0, 0.1) is 5.92 Å². The first kappa shape index (κ1) is 22.3. The van der Waals surface area contributed by atoms with E-state index in [9.17, 15) is 4.79 Å². The van der Waals surface area contributed by atoms with Crippen LogP contribution in [0.4, 0.5) is 0 Å². The summed E-state index contributed by atoms with van der Waals surface area (Å²) < 4.78 is 10.8. The van der Waals surface area contributed by atoms with Gasteiger partial charge in [0.1, 0.15) is 0 Å². The zero-order chi connectivity index (χ0) is 22.0. The lowest BCUT2D eigenvalue weighted by molar-refractivity contribution is 0.0703. The number of hydrogen-bond acceptors (Lipinski definition) is 4. The van der Waals surface area contributed by atoms with Gasteiger partial charge in [0.05, 0.1) is 24.3 Å². The van der Waals surface area contributed by atoms with Gasteiger partial charge in [-0.05, 0) is 67.1 Å². The lowest BCUT2D eigenvalue weighted by Crippen LogP contribution is -2.41. The molecule has 1 saturated heterocycles. The number of hydrogen-bond donors (Lipinski definition) is 0. The van der Waals surface area contributed by atoms with Crippen LogP contribution in [-0.2, 0) is 13.0 Å². The number of nitrogens with zero attached hydrogens (tertiary/aromatic N) is 2. The number of amides is 1. The highest BCUT2D eigenvalue weighted by molar-refractivity contribution is 6.42. The second-order valence-electron chi connectivity index (χ2n) is 8.36. The molecule has 1 fully saturated rings. The molecule has 4 rings (SSSR count). The SMILES string of the molecule is COc1cc2c(cc1OC)C(=O)N(CC1CCCN(CCc3ccc(Cl)c(Cl)c3)C1)C2. The van der Waals surface area contributed by atoms with Crippen LogP contribution in [0.1, 0.15) is 34.3 Å². The van der Waals surface area contributed by atoms with Crippen molar-refractivity contribution in [3.63, 3.8) is 0 Å². The van der Waals surface area contributed by atoms with Gasteiger partial charge in [-0.15, -0.1) is 0 Å². The van der Waals surface area contributed by atoms with Gasteiger partial charge in [-0.1, -0.05) is 29.3 Å². The fraction of sp³-hybridized carbons (Fsp3) is 0.458. The van der Waals surface area contributed by atoms with Crippen molar-refractivity contribution in [3.05, 3.63) is 57.1 Å². The van der Waals surface area contributed by atoms with Gasteiger partial charge in [0.15, 0.2) is 11.5 Å². The number of piperidine rings is 1. The maximum atomic E-state index is 13.0. The topological polar surface area (TPSA) is 42.0 Å². The molecular weight excluding hydrogens is 435 g/mol. The Hall–Kier alpha value is -1.95. The Labute approximate surface area is 193 Å². The minimum absolute atomic E-state index is 0.0869. The van der Waals surface area contributed by atoms with E-state index in [1.165, 1.54) is 5.56 Å². The van der Waals surface area contributed by atoms with E-state index in [-0.39, 0.29) is 5.91 Å². The number of rotatable bonds is 7. The summed E-state index contributed by atoms with van der Waals surface area (Å²) in [5.41, 5.74) is 2.93. The predicted octanol–water partition coefficient (Wildman–Crippen LogP) is 4.92. The molecule has 2 heterocycles. The molecule has 5 nitrogen and oxygen atoms in total. The third-order valence-corrected chi connectivity index (χ3v) is 7.01. The van der Waals surface area contributed by atoms with Crippen molar-refractivity contribution in [1.29, 1.82) is 0 Å². The number of carbonyl (C=O) groups excluding carboxylic acids is 1. The Balaban J connectivity index is 1.35. The van der Waals surface area contributed by atoms with Crippen molar-refractivity contribution < 1.29 is 14.3 Å². The van der Waals surface area contributed by atoms with E-state index in [2.05, 4.69) is 4.90 Å². The molecule has 1 unspecified atom stereocenters. The van der Waals surface area contributed by atoms with Crippen molar-refractivity contribution in [3.8, 4) is 11.5 Å². The standard InChI is InChI=1S/C24H28Cl2N2O3/c1-30-22-11-18-15-28(24(29)19(18)12-23(22)31-2)14-17-4-3-8-27(13-17)9-7-16-5-6-20(25)21(26)10-16/h5-6,10-12,17H,3-4,7-9,13-15H2,1-2H3. The van der Waals surface area contributed by atoms with Crippen LogP contribution in [0.3, 0.4) is 0 Å². The molecule has 0 radical (unpaired) electrons. The maximum absolute atomic E-state index is 13.0. The van der Waals surface area contributed by atoms with Gasteiger partial charge in [-0.25, -0.2) is 0 Å². The molecule has 1 amide bonds. The monoisotopic (exact) mass is 462 g/mol. The first-order valence-electron chi connectivity index (χ1n) is 10.7. The second kappa shape index (κ2) is 9.68. The van der Waals surface area contributed by atoms with E-state index in [1.54, 1.807) is 20.3 Å². The molecule has 0 spiro atoms. The summed E-state index contributed by atoms with van der Waals surface area (Å²) >= 11 is 12.2. The van der Waals surface area contributed by atoms with E-state index in [1.807, 2.05) is 29.2 Å². The molecule has 2 aromatic rings.